The van der Waals surface area contributed by atoms with Gasteiger partial charge in [-0.05, 0) is 20.3 Å². The molecule has 1 aromatic carbocycles. The highest BCUT2D eigenvalue weighted by Gasteiger charge is 2.25. The molecule has 0 unspecified atom stereocenters. The maximum atomic E-state index is 12.7. The fourth-order valence-electron chi connectivity index (χ4n) is 2.76. The van der Waals surface area contributed by atoms with E-state index in [2.05, 4.69) is 10.5 Å². The number of thiazole rings is 1. The highest BCUT2D eigenvalue weighted by molar-refractivity contribution is 7.07. The average Bonchev–Trinajstić information content (AvgIpc) is 3.26. The largest absolute Gasteiger partial charge is 0.447 e. The average molecular weight is 415 g/mol. The van der Waals surface area contributed by atoms with E-state index in [1.807, 2.05) is 13.0 Å². The van der Waals surface area contributed by atoms with Gasteiger partial charge in [0.15, 0.2) is 5.82 Å². The number of ether oxygens (including phenoxy) is 1. The van der Waals surface area contributed by atoms with Crippen molar-refractivity contribution in [1.29, 1.82) is 0 Å². The van der Waals surface area contributed by atoms with E-state index in [-0.39, 0.29) is 17.1 Å². The van der Waals surface area contributed by atoms with Gasteiger partial charge in [-0.1, -0.05) is 46.8 Å². The number of esters is 1. The summed E-state index contributed by atoms with van der Waals surface area (Å²) in [7, 11) is 0. The van der Waals surface area contributed by atoms with E-state index in [9.17, 15) is 14.4 Å². The fraction of sp³-hybridized carbons (Fsp3) is 0.300. The van der Waals surface area contributed by atoms with Gasteiger partial charge in [0.1, 0.15) is 5.76 Å². The van der Waals surface area contributed by atoms with Crippen LogP contribution in [0.3, 0.4) is 0 Å². The molecule has 8 nitrogen and oxygen atoms in total. The summed E-state index contributed by atoms with van der Waals surface area (Å²) < 4.78 is 12.0. The van der Waals surface area contributed by atoms with Crippen LogP contribution in [-0.2, 0) is 20.9 Å². The minimum Gasteiger partial charge on any atom is -0.447 e. The van der Waals surface area contributed by atoms with Crippen LogP contribution in [0.1, 0.15) is 36.0 Å². The Balaban J connectivity index is 1.64. The zero-order valence-electron chi connectivity index (χ0n) is 16.1. The summed E-state index contributed by atoms with van der Waals surface area (Å²) in [5.41, 5.74) is 1.40. The molecule has 0 saturated carbocycles. The van der Waals surface area contributed by atoms with E-state index in [1.54, 1.807) is 47.2 Å². The van der Waals surface area contributed by atoms with Gasteiger partial charge in [0.05, 0.1) is 0 Å². The van der Waals surface area contributed by atoms with E-state index >= 15 is 0 Å². The van der Waals surface area contributed by atoms with Crippen LogP contribution in [0.5, 0.6) is 0 Å². The fourth-order valence-corrected chi connectivity index (χ4v) is 3.53. The lowest BCUT2D eigenvalue weighted by Crippen LogP contribution is -2.26. The summed E-state index contributed by atoms with van der Waals surface area (Å²) in [5, 5.41) is 8.10. The molecular weight excluding hydrogens is 394 g/mol. The van der Waals surface area contributed by atoms with Crippen molar-refractivity contribution in [3.05, 3.63) is 68.5 Å². The first-order chi connectivity index (χ1) is 13.9. The van der Waals surface area contributed by atoms with E-state index in [0.717, 1.165) is 17.0 Å². The number of amides is 1. The molecule has 0 fully saturated rings. The molecule has 0 bridgehead atoms. The molecule has 2 aromatic heterocycles. The lowest BCUT2D eigenvalue weighted by molar-refractivity contribution is -0.154. The Hall–Kier alpha value is -3.20. The van der Waals surface area contributed by atoms with Crippen LogP contribution < -0.4 is 10.2 Å². The summed E-state index contributed by atoms with van der Waals surface area (Å²) >= 11 is 1.13. The molecule has 152 valence electrons. The van der Waals surface area contributed by atoms with Gasteiger partial charge >= 0.3 is 10.8 Å². The molecule has 0 aliphatic heterocycles. The third-order valence-corrected chi connectivity index (χ3v) is 5.09. The van der Waals surface area contributed by atoms with Crippen LogP contribution in [0.15, 0.2) is 51.1 Å². The Morgan fingerprint density at radius 1 is 1.28 bits per heavy atom. The highest BCUT2D eigenvalue weighted by atomic mass is 32.1. The first-order valence-corrected chi connectivity index (χ1v) is 9.95. The van der Waals surface area contributed by atoms with E-state index < -0.39 is 18.0 Å². The summed E-state index contributed by atoms with van der Waals surface area (Å²) in [6.45, 7) is 3.97. The van der Waals surface area contributed by atoms with Gasteiger partial charge in [-0.25, -0.2) is 0 Å². The molecule has 2 heterocycles. The lowest BCUT2D eigenvalue weighted by atomic mass is 10.1. The Kier molecular flexibility index (Phi) is 6.61. The number of carbonyl (C=O) groups is 2. The van der Waals surface area contributed by atoms with Crippen LogP contribution in [0.2, 0.25) is 0 Å². The van der Waals surface area contributed by atoms with Crippen molar-refractivity contribution in [3.8, 4) is 0 Å². The summed E-state index contributed by atoms with van der Waals surface area (Å²) in [6.07, 6.45) is -0.602. The van der Waals surface area contributed by atoms with Crippen molar-refractivity contribution in [2.75, 3.05) is 5.32 Å². The van der Waals surface area contributed by atoms with Crippen molar-refractivity contribution < 1.29 is 18.8 Å². The third kappa shape index (κ3) is 5.41. The van der Waals surface area contributed by atoms with Gasteiger partial charge in [0, 0.05) is 35.7 Å². The van der Waals surface area contributed by atoms with Crippen LogP contribution >= 0.6 is 11.3 Å². The third-order valence-electron chi connectivity index (χ3n) is 4.21. The standard InChI is InChI=1S/C20H21N3O5S/c1-13-12-29-20(26)23(13)10-6-9-17(24)27-18(15-7-4-3-5-8-15)19(25)21-16-11-14(2)28-22-16/h3-5,7-8,11-12,18H,6,9-10H2,1-2H3,(H,21,22,25)/t18-/m0/s1. The molecule has 1 N–H and O–H groups in total. The number of nitrogens with one attached hydrogen (secondary N) is 1. The number of aromatic nitrogens is 2. The maximum Gasteiger partial charge on any atom is 0.307 e. The molecule has 3 aromatic rings. The van der Waals surface area contributed by atoms with Crippen molar-refractivity contribution >= 4 is 29.0 Å². The second-order valence-electron chi connectivity index (χ2n) is 6.49. The second-order valence-corrected chi connectivity index (χ2v) is 7.31. The lowest BCUT2D eigenvalue weighted by Gasteiger charge is -2.17. The first-order valence-electron chi connectivity index (χ1n) is 9.07. The van der Waals surface area contributed by atoms with Crippen LogP contribution in [0.4, 0.5) is 5.82 Å². The number of hydrogen-bond donors (Lipinski definition) is 1. The molecule has 0 aliphatic rings. The van der Waals surface area contributed by atoms with Crippen molar-refractivity contribution in [1.82, 2.24) is 9.72 Å². The Bertz CT molecular complexity index is 1040. The Morgan fingerprint density at radius 3 is 2.66 bits per heavy atom. The van der Waals surface area contributed by atoms with Crippen molar-refractivity contribution in [2.45, 2.75) is 39.3 Å². The molecule has 9 heteroatoms. The number of rotatable bonds is 8. The van der Waals surface area contributed by atoms with Gasteiger partial charge in [-0.2, -0.15) is 0 Å². The first kappa shape index (κ1) is 20.5. The second kappa shape index (κ2) is 9.33. The topological polar surface area (TPSA) is 103 Å². The molecule has 29 heavy (non-hydrogen) atoms. The predicted octanol–water partition coefficient (Wildman–Crippen LogP) is 3.22. The van der Waals surface area contributed by atoms with Gasteiger partial charge in [0.25, 0.3) is 5.91 Å². The molecule has 0 spiro atoms. The molecule has 0 saturated heterocycles. The molecule has 3 rings (SSSR count). The van der Waals surface area contributed by atoms with E-state index in [4.69, 9.17) is 9.26 Å². The SMILES string of the molecule is Cc1cc(NC(=O)[C@@H](OC(=O)CCCn2c(C)csc2=O)c2ccccc2)no1. The Morgan fingerprint density at radius 2 is 2.03 bits per heavy atom. The zero-order chi connectivity index (χ0) is 20.8. The van der Waals surface area contributed by atoms with Gasteiger partial charge in [0.2, 0.25) is 6.10 Å². The number of anilines is 1. The monoisotopic (exact) mass is 415 g/mol. The van der Waals surface area contributed by atoms with E-state index in [1.165, 1.54) is 0 Å². The number of carbonyl (C=O) groups excluding carboxylic acids is 2. The van der Waals surface area contributed by atoms with Crippen LogP contribution in [-0.4, -0.2) is 21.6 Å². The smallest absolute Gasteiger partial charge is 0.307 e. The number of hydrogen-bond acceptors (Lipinski definition) is 7. The highest BCUT2D eigenvalue weighted by Crippen LogP contribution is 2.21. The molecule has 0 aliphatic carbocycles. The van der Waals surface area contributed by atoms with Gasteiger partial charge in [-0.15, -0.1) is 0 Å². The normalized spacial score (nSPS) is 11.8. The maximum absolute atomic E-state index is 12.7. The van der Waals surface area contributed by atoms with Crippen LogP contribution in [0.25, 0.3) is 0 Å². The minimum atomic E-state index is -1.12. The predicted molar refractivity (Wildman–Crippen MR) is 108 cm³/mol. The molecular formula is C20H21N3O5S. The number of benzene rings is 1. The quantitative estimate of drug-likeness (QED) is 0.567. The van der Waals surface area contributed by atoms with Crippen molar-refractivity contribution in [2.24, 2.45) is 0 Å². The molecule has 0 radical (unpaired) electrons. The number of nitrogens with zero attached hydrogens (tertiary/aromatic N) is 2. The minimum absolute atomic E-state index is 0.0553. The van der Waals surface area contributed by atoms with E-state index in [0.29, 0.717) is 24.3 Å². The summed E-state index contributed by atoms with van der Waals surface area (Å²) in [4.78, 5) is 36.7. The van der Waals surface area contributed by atoms with Crippen molar-refractivity contribution in [3.63, 3.8) is 0 Å². The van der Waals surface area contributed by atoms with Gasteiger partial charge < -0.3 is 19.1 Å². The molecule has 1 atom stereocenters. The Labute approximate surface area is 171 Å². The number of aryl methyl sites for hydroxylation is 2. The zero-order valence-corrected chi connectivity index (χ0v) is 16.9. The van der Waals surface area contributed by atoms with Gasteiger partial charge in [-0.3, -0.25) is 14.4 Å². The molecule has 1 amide bonds. The summed E-state index contributed by atoms with van der Waals surface area (Å²) in [6, 6.07) is 10.3. The summed E-state index contributed by atoms with van der Waals surface area (Å²) in [5.74, 6) is -0.252. The van der Waals surface area contributed by atoms with Crippen LogP contribution in [0, 0.1) is 13.8 Å².